The van der Waals surface area contributed by atoms with Crippen LogP contribution in [0.5, 0.6) is 11.5 Å². The summed E-state index contributed by atoms with van der Waals surface area (Å²) in [5, 5.41) is 0. The van der Waals surface area contributed by atoms with Crippen molar-refractivity contribution in [3.05, 3.63) is 17.7 Å². The molecule has 0 atom stereocenters. The summed E-state index contributed by atoms with van der Waals surface area (Å²) in [6, 6.07) is 3.68. The van der Waals surface area contributed by atoms with Crippen LogP contribution in [0.25, 0.3) is 0 Å². The lowest BCUT2D eigenvalue weighted by Gasteiger charge is -2.22. The normalized spacial score (nSPS) is 18.1. The van der Waals surface area contributed by atoms with Gasteiger partial charge in [0.2, 0.25) is 0 Å². The highest BCUT2D eigenvalue weighted by molar-refractivity contribution is 5.76. The molecule has 2 amide bonds. The minimum Gasteiger partial charge on any atom is -0.486 e. The maximum absolute atomic E-state index is 11.9. The molecule has 0 spiro atoms. The van der Waals surface area contributed by atoms with Crippen molar-refractivity contribution in [2.45, 2.75) is 6.54 Å². The molecule has 0 saturated carbocycles. The third-order valence-corrected chi connectivity index (χ3v) is 3.47. The smallest absolute Gasteiger partial charge is 0.320 e. The number of fused-ring (bicyclic) bond motifs is 1. The van der Waals surface area contributed by atoms with E-state index >= 15 is 0 Å². The van der Waals surface area contributed by atoms with Crippen molar-refractivity contribution in [1.82, 2.24) is 9.80 Å². The van der Waals surface area contributed by atoms with Crippen LogP contribution in [0.4, 0.5) is 10.5 Å². The number of urea groups is 1. The van der Waals surface area contributed by atoms with Crippen LogP contribution in [0.1, 0.15) is 5.56 Å². The second-order valence-electron chi connectivity index (χ2n) is 4.82. The first-order valence-corrected chi connectivity index (χ1v) is 6.33. The fraction of sp³-hybridized carbons (Fsp3) is 0.462. The van der Waals surface area contributed by atoms with Gasteiger partial charge < -0.3 is 25.0 Å². The van der Waals surface area contributed by atoms with Gasteiger partial charge in [0.15, 0.2) is 11.5 Å². The Morgan fingerprint density at radius 3 is 2.53 bits per heavy atom. The summed E-state index contributed by atoms with van der Waals surface area (Å²) in [5.74, 6) is 1.38. The topological polar surface area (TPSA) is 68.0 Å². The Hall–Kier alpha value is -2.11. The summed E-state index contributed by atoms with van der Waals surface area (Å²) < 4.78 is 11.0. The number of carbonyl (C=O) groups excluding carboxylic acids is 1. The third-order valence-electron chi connectivity index (χ3n) is 3.47. The van der Waals surface area contributed by atoms with Crippen molar-refractivity contribution in [2.24, 2.45) is 0 Å². The molecule has 102 valence electrons. The van der Waals surface area contributed by atoms with Crippen LogP contribution in [0.3, 0.4) is 0 Å². The summed E-state index contributed by atoms with van der Waals surface area (Å²) >= 11 is 0. The lowest BCUT2D eigenvalue weighted by molar-refractivity contribution is 0.171. The van der Waals surface area contributed by atoms with Gasteiger partial charge in [-0.3, -0.25) is 0 Å². The molecule has 1 aromatic rings. The lowest BCUT2D eigenvalue weighted by Crippen LogP contribution is -2.29. The molecule has 6 heteroatoms. The first-order chi connectivity index (χ1) is 9.15. The highest BCUT2D eigenvalue weighted by Gasteiger charge is 2.26. The van der Waals surface area contributed by atoms with Gasteiger partial charge in [-0.15, -0.1) is 0 Å². The number of hydrogen-bond donors (Lipinski definition) is 1. The molecule has 0 unspecified atom stereocenters. The molecular formula is C13H17N3O3. The Morgan fingerprint density at radius 2 is 1.89 bits per heavy atom. The summed E-state index contributed by atoms with van der Waals surface area (Å²) in [5.41, 5.74) is 7.54. The Bertz CT molecular complexity index is 518. The minimum atomic E-state index is 0.0364. The molecule has 2 heterocycles. The predicted octanol–water partition coefficient (Wildman–Crippen LogP) is 0.907. The van der Waals surface area contributed by atoms with E-state index in [0.717, 1.165) is 18.7 Å². The first kappa shape index (κ1) is 12.0. The summed E-state index contributed by atoms with van der Waals surface area (Å²) in [4.78, 5) is 15.3. The van der Waals surface area contributed by atoms with Gasteiger partial charge in [0, 0.05) is 38.4 Å². The molecule has 2 aliphatic heterocycles. The first-order valence-electron chi connectivity index (χ1n) is 6.33. The largest absolute Gasteiger partial charge is 0.486 e. The summed E-state index contributed by atoms with van der Waals surface area (Å²) in [6.07, 6.45) is 0. The number of carbonyl (C=O) groups is 1. The Morgan fingerprint density at radius 1 is 1.21 bits per heavy atom. The quantitative estimate of drug-likeness (QED) is 0.805. The van der Waals surface area contributed by atoms with E-state index < -0.39 is 0 Å². The highest BCUT2D eigenvalue weighted by Crippen LogP contribution is 2.35. The Labute approximate surface area is 111 Å². The van der Waals surface area contributed by atoms with Crippen molar-refractivity contribution in [2.75, 3.05) is 39.1 Å². The van der Waals surface area contributed by atoms with Crippen molar-refractivity contribution in [3.63, 3.8) is 0 Å². The molecule has 0 aliphatic carbocycles. The number of benzene rings is 1. The standard InChI is InChI=1S/C13H17N3O3/c1-15-2-3-16(13(15)17)8-9-6-11-12(7-10(9)14)19-5-4-18-11/h6-7H,2-5,8,14H2,1H3. The summed E-state index contributed by atoms with van der Waals surface area (Å²) in [7, 11) is 1.80. The zero-order chi connectivity index (χ0) is 13.4. The van der Waals surface area contributed by atoms with E-state index in [2.05, 4.69) is 0 Å². The van der Waals surface area contributed by atoms with Gasteiger partial charge in [-0.25, -0.2) is 4.79 Å². The molecular weight excluding hydrogens is 246 g/mol. The minimum absolute atomic E-state index is 0.0364. The Balaban J connectivity index is 1.83. The van der Waals surface area contributed by atoms with Crippen molar-refractivity contribution in [1.29, 1.82) is 0 Å². The number of anilines is 1. The number of ether oxygens (including phenoxy) is 2. The van der Waals surface area contributed by atoms with Crippen LogP contribution >= 0.6 is 0 Å². The van der Waals surface area contributed by atoms with Crippen LogP contribution < -0.4 is 15.2 Å². The van der Waals surface area contributed by atoms with Crippen LogP contribution in [-0.4, -0.2) is 49.2 Å². The Kier molecular flexibility index (Phi) is 2.85. The molecule has 1 aromatic carbocycles. The fourth-order valence-electron chi connectivity index (χ4n) is 2.34. The van der Waals surface area contributed by atoms with Gasteiger partial charge in [0.05, 0.1) is 0 Å². The monoisotopic (exact) mass is 263 g/mol. The molecule has 2 aliphatic rings. The second-order valence-corrected chi connectivity index (χ2v) is 4.82. The SMILES string of the molecule is CN1CCN(Cc2cc3c(cc2N)OCCO3)C1=O. The number of nitrogens with zero attached hydrogens (tertiary/aromatic N) is 2. The predicted molar refractivity (Wildman–Crippen MR) is 70.3 cm³/mol. The van der Waals surface area contributed by atoms with E-state index in [0.29, 0.717) is 36.9 Å². The van der Waals surface area contributed by atoms with Crippen LogP contribution in [-0.2, 0) is 6.54 Å². The number of amides is 2. The van der Waals surface area contributed by atoms with Gasteiger partial charge in [0.1, 0.15) is 13.2 Å². The molecule has 1 fully saturated rings. The maximum atomic E-state index is 11.9. The second kappa shape index (κ2) is 4.53. The van der Waals surface area contributed by atoms with Crippen molar-refractivity contribution < 1.29 is 14.3 Å². The highest BCUT2D eigenvalue weighted by atomic mass is 16.6. The number of nitrogen functional groups attached to an aromatic ring is 1. The van der Waals surface area contributed by atoms with Crippen LogP contribution in [0, 0.1) is 0 Å². The molecule has 6 nitrogen and oxygen atoms in total. The van der Waals surface area contributed by atoms with E-state index in [-0.39, 0.29) is 6.03 Å². The fourth-order valence-corrected chi connectivity index (χ4v) is 2.34. The number of rotatable bonds is 2. The van der Waals surface area contributed by atoms with E-state index in [1.54, 1.807) is 22.9 Å². The molecule has 1 saturated heterocycles. The van der Waals surface area contributed by atoms with Gasteiger partial charge in [-0.1, -0.05) is 0 Å². The van der Waals surface area contributed by atoms with E-state index in [9.17, 15) is 4.79 Å². The number of hydrogen-bond acceptors (Lipinski definition) is 4. The van der Waals surface area contributed by atoms with Gasteiger partial charge in [0.25, 0.3) is 0 Å². The summed E-state index contributed by atoms with van der Waals surface area (Å²) in [6.45, 7) is 3.07. The zero-order valence-electron chi connectivity index (χ0n) is 10.9. The molecule has 0 aromatic heterocycles. The van der Waals surface area contributed by atoms with Crippen LogP contribution in [0.2, 0.25) is 0 Å². The van der Waals surface area contributed by atoms with Gasteiger partial charge >= 0.3 is 6.03 Å². The zero-order valence-corrected chi connectivity index (χ0v) is 10.9. The third kappa shape index (κ3) is 2.14. The van der Waals surface area contributed by atoms with Gasteiger partial charge in [-0.2, -0.15) is 0 Å². The average molecular weight is 263 g/mol. The van der Waals surface area contributed by atoms with Crippen LogP contribution in [0.15, 0.2) is 12.1 Å². The number of likely N-dealkylation sites (N-methyl/N-ethyl adjacent to an activating group) is 1. The van der Waals surface area contributed by atoms with Crippen molar-refractivity contribution >= 4 is 11.7 Å². The average Bonchev–Trinajstić information content (AvgIpc) is 2.71. The molecule has 0 bridgehead atoms. The van der Waals surface area contributed by atoms with E-state index in [1.165, 1.54) is 0 Å². The number of nitrogens with two attached hydrogens (primary N) is 1. The molecule has 3 rings (SSSR count). The lowest BCUT2D eigenvalue weighted by atomic mass is 10.1. The van der Waals surface area contributed by atoms with Gasteiger partial charge in [-0.05, 0) is 11.6 Å². The molecule has 19 heavy (non-hydrogen) atoms. The van der Waals surface area contributed by atoms with E-state index in [4.69, 9.17) is 15.2 Å². The van der Waals surface area contributed by atoms with E-state index in [1.807, 2.05) is 6.07 Å². The maximum Gasteiger partial charge on any atom is 0.320 e. The molecule has 0 radical (unpaired) electrons. The van der Waals surface area contributed by atoms with Crippen molar-refractivity contribution in [3.8, 4) is 11.5 Å². The molecule has 2 N–H and O–H groups in total.